The van der Waals surface area contributed by atoms with E-state index >= 15 is 0 Å². The number of carboxylic acids is 1. The Morgan fingerprint density at radius 3 is 1.83 bits per heavy atom. The summed E-state index contributed by atoms with van der Waals surface area (Å²) in [5.74, 6) is -0.724. The maximum Gasteiger partial charge on any atom is 0.303 e. The van der Waals surface area contributed by atoms with Gasteiger partial charge in [0.2, 0.25) is 0 Å². The molecule has 0 spiro atoms. The van der Waals surface area contributed by atoms with Gasteiger partial charge in [-0.15, -0.1) is 0 Å². The van der Waals surface area contributed by atoms with Gasteiger partial charge in [0.05, 0.1) is 0 Å². The van der Waals surface area contributed by atoms with Crippen molar-refractivity contribution in [1.29, 1.82) is 0 Å². The fraction of sp³-hybridized carbons (Fsp3) is 0.409. The van der Waals surface area contributed by atoms with Crippen LogP contribution in [0.5, 0.6) is 0 Å². The van der Waals surface area contributed by atoms with E-state index in [1.165, 1.54) is 0 Å². The van der Waals surface area contributed by atoms with Crippen LogP contribution in [-0.2, 0) is 4.79 Å². The molecule has 0 bridgehead atoms. The van der Waals surface area contributed by atoms with Crippen LogP contribution in [0.1, 0.15) is 58.3 Å². The van der Waals surface area contributed by atoms with Crippen LogP contribution in [0.25, 0.3) is 0 Å². The number of carboxylic acid groups (broad SMARTS) is 1. The Balaban J connectivity index is 3.54. The fourth-order valence-electron chi connectivity index (χ4n) is 1.86. The molecular weight excluding hydrogens is 296 g/mol. The second-order valence-electron chi connectivity index (χ2n) is 5.40. The van der Waals surface area contributed by atoms with Gasteiger partial charge in [-0.3, -0.25) is 4.79 Å². The lowest BCUT2D eigenvalue weighted by Gasteiger charge is -1.89. The van der Waals surface area contributed by atoms with Gasteiger partial charge in [-0.2, -0.15) is 0 Å². The second kappa shape index (κ2) is 19.0. The Morgan fingerprint density at radius 2 is 1.25 bits per heavy atom. The van der Waals surface area contributed by atoms with Crippen molar-refractivity contribution >= 4 is 5.97 Å². The van der Waals surface area contributed by atoms with E-state index in [4.69, 9.17) is 5.11 Å². The molecule has 0 aliphatic carbocycles. The predicted octanol–water partition coefficient (Wildman–Crippen LogP) is 6.55. The Hall–Kier alpha value is -2.09. The van der Waals surface area contributed by atoms with Crippen molar-refractivity contribution in [1.82, 2.24) is 0 Å². The average Bonchev–Trinajstić information content (AvgIpc) is 2.56. The molecule has 1 N–H and O–H groups in total. The monoisotopic (exact) mass is 328 g/mol. The molecule has 2 heteroatoms. The lowest BCUT2D eigenvalue weighted by Crippen LogP contribution is -1.92. The summed E-state index contributed by atoms with van der Waals surface area (Å²) in [6, 6.07) is 0. The third kappa shape index (κ3) is 19.9. The van der Waals surface area contributed by atoms with Crippen LogP contribution < -0.4 is 0 Å². The molecular formula is C22H32O2. The minimum atomic E-state index is -0.724. The van der Waals surface area contributed by atoms with Gasteiger partial charge in [0.15, 0.2) is 0 Å². The molecule has 0 atom stereocenters. The molecule has 0 aromatic carbocycles. The molecule has 0 aromatic rings. The Bertz CT molecular complexity index is 462. The molecule has 132 valence electrons. The minimum absolute atomic E-state index is 0.245. The third-order valence-electron chi connectivity index (χ3n) is 3.14. The molecule has 0 heterocycles. The summed E-state index contributed by atoms with van der Waals surface area (Å²) in [6.45, 7) is 2.15. The van der Waals surface area contributed by atoms with Gasteiger partial charge in [-0.1, -0.05) is 79.8 Å². The van der Waals surface area contributed by atoms with Crippen LogP contribution in [-0.4, -0.2) is 11.1 Å². The summed E-state index contributed by atoms with van der Waals surface area (Å²) in [4.78, 5) is 10.3. The number of allylic oxidation sites excluding steroid dienone is 12. The molecule has 0 aromatic heterocycles. The third-order valence-corrected chi connectivity index (χ3v) is 3.14. The zero-order valence-corrected chi connectivity index (χ0v) is 14.9. The Kier molecular flexibility index (Phi) is 17.3. The molecule has 0 amide bonds. The fourth-order valence-corrected chi connectivity index (χ4v) is 1.86. The van der Waals surface area contributed by atoms with Gasteiger partial charge in [0, 0.05) is 6.42 Å². The van der Waals surface area contributed by atoms with Crippen molar-refractivity contribution in [2.24, 2.45) is 0 Å². The average molecular weight is 328 g/mol. The normalized spacial score (nSPS) is 13.0. The highest BCUT2D eigenvalue weighted by Gasteiger charge is 1.92. The quantitative estimate of drug-likeness (QED) is 0.223. The van der Waals surface area contributed by atoms with Crippen molar-refractivity contribution in [3.8, 4) is 0 Å². The molecule has 0 unspecified atom stereocenters. The van der Waals surface area contributed by atoms with Gasteiger partial charge in [-0.25, -0.2) is 0 Å². The van der Waals surface area contributed by atoms with Crippen LogP contribution >= 0.6 is 0 Å². The summed E-state index contributed by atoms with van der Waals surface area (Å²) >= 11 is 0. The number of aliphatic carboxylic acids is 1. The first-order valence-corrected chi connectivity index (χ1v) is 8.92. The van der Waals surface area contributed by atoms with Gasteiger partial charge >= 0.3 is 5.97 Å². The van der Waals surface area contributed by atoms with E-state index < -0.39 is 5.97 Å². The molecule has 0 aliphatic heterocycles. The SMILES string of the molecule is CCC=CCCC=CC=CCC=CCC=CC=CCCCC(=O)O. The van der Waals surface area contributed by atoms with Crippen molar-refractivity contribution in [2.45, 2.75) is 58.3 Å². The van der Waals surface area contributed by atoms with E-state index in [0.717, 1.165) is 38.5 Å². The lowest BCUT2D eigenvalue weighted by molar-refractivity contribution is -0.137. The topological polar surface area (TPSA) is 37.3 Å². The number of hydrogen-bond donors (Lipinski definition) is 1. The smallest absolute Gasteiger partial charge is 0.303 e. The number of carbonyl (C=O) groups is 1. The number of hydrogen-bond acceptors (Lipinski definition) is 1. The first-order chi connectivity index (χ1) is 11.8. The van der Waals surface area contributed by atoms with E-state index in [1.807, 2.05) is 18.2 Å². The summed E-state index contributed by atoms with van der Waals surface area (Å²) in [5.41, 5.74) is 0. The van der Waals surface area contributed by atoms with Crippen molar-refractivity contribution in [2.75, 3.05) is 0 Å². The first kappa shape index (κ1) is 21.9. The van der Waals surface area contributed by atoms with E-state index in [9.17, 15) is 4.79 Å². The van der Waals surface area contributed by atoms with E-state index in [0.29, 0.717) is 6.42 Å². The van der Waals surface area contributed by atoms with Gasteiger partial charge in [0.25, 0.3) is 0 Å². The molecule has 2 nitrogen and oxygen atoms in total. The summed E-state index contributed by atoms with van der Waals surface area (Å²) in [7, 11) is 0. The molecule has 0 rings (SSSR count). The van der Waals surface area contributed by atoms with Gasteiger partial charge in [0.1, 0.15) is 0 Å². The number of rotatable bonds is 14. The Morgan fingerprint density at radius 1 is 0.708 bits per heavy atom. The van der Waals surface area contributed by atoms with E-state index in [1.54, 1.807) is 0 Å². The van der Waals surface area contributed by atoms with Crippen LogP contribution in [0.2, 0.25) is 0 Å². The zero-order valence-electron chi connectivity index (χ0n) is 14.9. The second-order valence-corrected chi connectivity index (χ2v) is 5.40. The van der Waals surface area contributed by atoms with Gasteiger partial charge < -0.3 is 5.11 Å². The predicted molar refractivity (Wildman–Crippen MR) is 105 cm³/mol. The first-order valence-electron chi connectivity index (χ1n) is 8.92. The van der Waals surface area contributed by atoms with Crippen LogP contribution in [0.15, 0.2) is 72.9 Å². The molecule has 0 aliphatic rings. The molecule has 24 heavy (non-hydrogen) atoms. The van der Waals surface area contributed by atoms with Crippen LogP contribution in [0.4, 0.5) is 0 Å². The van der Waals surface area contributed by atoms with E-state index in [2.05, 4.69) is 61.6 Å². The molecule has 0 saturated carbocycles. The van der Waals surface area contributed by atoms with Crippen molar-refractivity contribution < 1.29 is 9.90 Å². The highest BCUT2D eigenvalue weighted by molar-refractivity contribution is 5.66. The molecule has 0 saturated heterocycles. The standard InChI is InChI=1S/C22H32O2/c1-2-3-4-5-6-7-8-9-10-11-12-13-14-15-16-17-18-19-20-21-22(23)24/h3-4,7-10,12-13,15-18H,2,5-6,11,14,19-21H2,1H3,(H,23,24). The van der Waals surface area contributed by atoms with Crippen LogP contribution in [0.3, 0.4) is 0 Å². The highest BCUT2D eigenvalue weighted by atomic mass is 16.4. The minimum Gasteiger partial charge on any atom is -0.481 e. The maximum absolute atomic E-state index is 10.3. The summed E-state index contributed by atoms with van der Waals surface area (Å²) < 4.78 is 0. The summed E-state index contributed by atoms with van der Waals surface area (Å²) in [6.07, 6.45) is 32.4. The zero-order chi connectivity index (χ0) is 17.7. The van der Waals surface area contributed by atoms with Crippen molar-refractivity contribution in [3.05, 3.63) is 72.9 Å². The largest absolute Gasteiger partial charge is 0.481 e. The lowest BCUT2D eigenvalue weighted by atomic mass is 10.2. The molecule has 0 radical (unpaired) electrons. The Labute approximate surface area is 147 Å². The van der Waals surface area contributed by atoms with Crippen LogP contribution in [0, 0.1) is 0 Å². The van der Waals surface area contributed by atoms with Crippen molar-refractivity contribution in [3.63, 3.8) is 0 Å². The van der Waals surface area contributed by atoms with E-state index in [-0.39, 0.29) is 6.42 Å². The molecule has 0 fully saturated rings. The number of unbranched alkanes of at least 4 members (excludes halogenated alkanes) is 2. The summed E-state index contributed by atoms with van der Waals surface area (Å²) in [5, 5.41) is 8.50. The maximum atomic E-state index is 10.3. The van der Waals surface area contributed by atoms with Gasteiger partial charge in [-0.05, 0) is 44.9 Å². The highest BCUT2D eigenvalue weighted by Crippen LogP contribution is 1.98.